The highest BCUT2D eigenvalue weighted by molar-refractivity contribution is 5.74. The quantitative estimate of drug-likeness (QED) is 0.684. The normalized spacial score (nSPS) is 14.7. The lowest BCUT2D eigenvalue weighted by atomic mass is 10.0. The number of aliphatic hydroxyl groups is 1. The summed E-state index contributed by atoms with van der Waals surface area (Å²) in [5.74, 6) is -3.95. The standard InChI is InChI=1S/C9H9F2NO3/c10-5-3-1-2-4(6(5)11)8(13)7(12)9(14)15/h1-3,7-8,13H,12H2,(H,14,15). The summed E-state index contributed by atoms with van der Waals surface area (Å²) in [6, 6.07) is 1.40. The van der Waals surface area contributed by atoms with E-state index in [1.165, 1.54) is 0 Å². The number of aliphatic carboxylic acids is 1. The Labute approximate surface area is 83.9 Å². The lowest BCUT2D eigenvalue weighted by Gasteiger charge is -2.15. The molecular formula is C9H9F2NO3. The molecule has 1 aromatic carbocycles. The van der Waals surface area contributed by atoms with Crippen molar-refractivity contribution in [1.82, 2.24) is 0 Å². The summed E-state index contributed by atoms with van der Waals surface area (Å²) in [6.07, 6.45) is -1.78. The summed E-state index contributed by atoms with van der Waals surface area (Å²) in [5.41, 5.74) is 4.60. The lowest BCUT2D eigenvalue weighted by Crippen LogP contribution is -2.37. The summed E-state index contributed by atoms with van der Waals surface area (Å²) in [4.78, 5) is 10.4. The van der Waals surface area contributed by atoms with E-state index < -0.39 is 35.3 Å². The summed E-state index contributed by atoms with van der Waals surface area (Å²) < 4.78 is 25.8. The molecule has 0 amide bonds. The second-order valence-electron chi connectivity index (χ2n) is 2.95. The Hall–Kier alpha value is -1.53. The average molecular weight is 217 g/mol. The second kappa shape index (κ2) is 4.33. The van der Waals surface area contributed by atoms with Crippen LogP contribution in [0.4, 0.5) is 8.78 Å². The predicted molar refractivity (Wildman–Crippen MR) is 46.9 cm³/mol. The van der Waals surface area contributed by atoms with Gasteiger partial charge in [0.05, 0.1) is 0 Å². The van der Waals surface area contributed by atoms with E-state index in [-0.39, 0.29) is 0 Å². The number of rotatable bonds is 3. The number of nitrogens with two attached hydrogens (primary N) is 1. The number of benzene rings is 1. The number of hydrogen-bond acceptors (Lipinski definition) is 3. The zero-order valence-corrected chi connectivity index (χ0v) is 7.52. The van der Waals surface area contributed by atoms with Crippen molar-refractivity contribution >= 4 is 5.97 Å². The van der Waals surface area contributed by atoms with E-state index in [1.54, 1.807) is 0 Å². The Morgan fingerprint density at radius 2 is 2.00 bits per heavy atom. The third-order valence-electron chi connectivity index (χ3n) is 1.93. The van der Waals surface area contributed by atoms with Gasteiger partial charge < -0.3 is 15.9 Å². The summed E-state index contributed by atoms with van der Waals surface area (Å²) in [5, 5.41) is 17.8. The van der Waals surface area contributed by atoms with Gasteiger partial charge in [0.1, 0.15) is 12.1 Å². The van der Waals surface area contributed by atoms with Crippen molar-refractivity contribution in [1.29, 1.82) is 0 Å². The van der Waals surface area contributed by atoms with Crippen LogP contribution in [-0.4, -0.2) is 22.2 Å². The van der Waals surface area contributed by atoms with Crippen LogP contribution >= 0.6 is 0 Å². The molecule has 0 aromatic heterocycles. The van der Waals surface area contributed by atoms with Crippen LogP contribution in [0.25, 0.3) is 0 Å². The highest BCUT2D eigenvalue weighted by Crippen LogP contribution is 2.21. The Bertz CT molecular complexity index is 384. The van der Waals surface area contributed by atoms with Crippen molar-refractivity contribution in [3.05, 3.63) is 35.4 Å². The van der Waals surface area contributed by atoms with Gasteiger partial charge in [0, 0.05) is 5.56 Å². The number of halogens is 2. The van der Waals surface area contributed by atoms with Gasteiger partial charge in [0.2, 0.25) is 0 Å². The van der Waals surface area contributed by atoms with Crippen LogP contribution in [0.5, 0.6) is 0 Å². The van der Waals surface area contributed by atoms with Gasteiger partial charge in [0.15, 0.2) is 11.6 Å². The van der Waals surface area contributed by atoms with E-state index in [0.717, 1.165) is 18.2 Å². The van der Waals surface area contributed by atoms with E-state index in [9.17, 15) is 18.7 Å². The molecule has 0 radical (unpaired) electrons. The SMILES string of the molecule is NC(C(=O)O)C(O)c1cccc(F)c1F. The van der Waals surface area contributed by atoms with Crippen LogP contribution in [0.2, 0.25) is 0 Å². The largest absolute Gasteiger partial charge is 0.480 e. The molecule has 4 N–H and O–H groups in total. The zero-order valence-electron chi connectivity index (χ0n) is 7.52. The van der Waals surface area contributed by atoms with Crippen LogP contribution in [0.3, 0.4) is 0 Å². The van der Waals surface area contributed by atoms with Crippen molar-refractivity contribution < 1.29 is 23.8 Å². The van der Waals surface area contributed by atoms with Gasteiger partial charge in [-0.3, -0.25) is 4.79 Å². The number of carboxylic acids is 1. The van der Waals surface area contributed by atoms with Gasteiger partial charge in [0.25, 0.3) is 0 Å². The maximum Gasteiger partial charge on any atom is 0.323 e. The van der Waals surface area contributed by atoms with Crippen LogP contribution in [-0.2, 0) is 4.79 Å². The Morgan fingerprint density at radius 3 is 2.53 bits per heavy atom. The third kappa shape index (κ3) is 2.28. The van der Waals surface area contributed by atoms with Crippen LogP contribution in [0.1, 0.15) is 11.7 Å². The molecule has 0 saturated carbocycles. The van der Waals surface area contributed by atoms with Crippen molar-refractivity contribution in [2.24, 2.45) is 5.73 Å². The van der Waals surface area contributed by atoms with E-state index in [4.69, 9.17) is 10.8 Å². The summed E-state index contributed by atoms with van der Waals surface area (Å²) in [6.45, 7) is 0. The topological polar surface area (TPSA) is 83.6 Å². The molecule has 0 aliphatic carbocycles. The van der Waals surface area contributed by atoms with Gasteiger partial charge in [-0.1, -0.05) is 12.1 Å². The van der Waals surface area contributed by atoms with Crippen LogP contribution in [0, 0.1) is 11.6 Å². The summed E-state index contributed by atoms with van der Waals surface area (Å²) in [7, 11) is 0. The fourth-order valence-corrected chi connectivity index (χ4v) is 1.08. The molecule has 2 unspecified atom stereocenters. The van der Waals surface area contributed by atoms with Gasteiger partial charge in [-0.15, -0.1) is 0 Å². The average Bonchev–Trinajstić information content (AvgIpc) is 2.20. The first kappa shape index (κ1) is 11.5. The molecule has 0 bridgehead atoms. The molecule has 1 rings (SSSR count). The molecule has 6 heteroatoms. The first-order chi connectivity index (χ1) is 6.95. The zero-order chi connectivity index (χ0) is 11.6. The number of carbonyl (C=O) groups is 1. The molecule has 15 heavy (non-hydrogen) atoms. The van der Waals surface area contributed by atoms with Crippen LogP contribution in [0.15, 0.2) is 18.2 Å². The highest BCUT2D eigenvalue weighted by atomic mass is 19.2. The van der Waals surface area contributed by atoms with Gasteiger partial charge >= 0.3 is 5.97 Å². The molecule has 0 saturated heterocycles. The number of aliphatic hydroxyl groups excluding tert-OH is 1. The van der Waals surface area contributed by atoms with E-state index in [1.807, 2.05) is 0 Å². The predicted octanol–water partition coefficient (Wildman–Crippen LogP) is 0.410. The maximum absolute atomic E-state index is 13.1. The Morgan fingerprint density at radius 1 is 1.40 bits per heavy atom. The fraction of sp³-hybridized carbons (Fsp3) is 0.222. The first-order valence-electron chi connectivity index (χ1n) is 4.05. The van der Waals surface area contributed by atoms with E-state index in [0.29, 0.717) is 0 Å². The smallest absolute Gasteiger partial charge is 0.323 e. The Kier molecular flexibility index (Phi) is 3.33. The molecule has 2 atom stereocenters. The second-order valence-corrected chi connectivity index (χ2v) is 2.95. The number of hydrogen-bond donors (Lipinski definition) is 3. The van der Waals surface area contributed by atoms with Gasteiger partial charge in [-0.05, 0) is 6.07 Å². The molecule has 0 heterocycles. The molecule has 1 aromatic rings. The van der Waals surface area contributed by atoms with Crippen molar-refractivity contribution in [3.63, 3.8) is 0 Å². The molecule has 0 aliphatic rings. The molecular weight excluding hydrogens is 208 g/mol. The summed E-state index contributed by atoms with van der Waals surface area (Å²) >= 11 is 0. The van der Waals surface area contributed by atoms with Gasteiger partial charge in [-0.25, -0.2) is 8.78 Å². The maximum atomic E-state index is 13.1. The first-order valence-corrected chi connectivity index (χ1v) is 4.05. The Balaban J connectivity index is 3.06. The van der Waals surface area contributed by atoms with Crippen LogP contribution < -0.4 is 5.73 Å². The number of carboxylic acid groups (broad SMARTS) is 1. The molecule has 0 spiro atoms. The minimum atomic E-state index is -1.78. The minimum absolute atomic E-state index is 0.468. The van der Waals surface area contributed by atoms with Crippen molar-refractivity contribution in [2.45, 2.75) is 12.1 Å². The van der Waals surface area contributed by atoms with E-state index >= 15 is 0 Å². The van der Waals surface area contributed by atoms with Crippen molar-refractivity contribution in [3.8, 4) is 0 Å². The highest BCUT2D eigenvalue weighted by Gasteiger charge is 2.26. The molecule has 0 aliphatic heterocycles. The minimum Gasteiger partial charge on any atom is -0.480 e. The molecule has 4 nitrogen and oxygen atoms in total. The lowest BCUT2D eigenvalue weighted by molar-refractivity contribution is -0.141. The molecule has 0 fully saturated rings. The van der Waals surface area contributed by atoms with Crippen molar-refractivity contribution in [2.75, 3.05) is 0 Å². The fourth-order valence-electron chi connectivity index (χ4n) is 1.08. The van der Waals surface area contributed by atoms with E-state index in [2.05, 4.69) is 0 Å². The van der Waals surface area contributed by atoms with Gasteiger partial charge in [-0.2, -0.15) is 0 Å². The molecule has 82 valence electrons. The third-order valence-corrected chi connectivity index (χ3v) is 1.93. The monoisotopic (exact) mass is 217 g/mol.